The van der Waals surface area contributed by atoms with Crippen LogP contribution in [0.3, 0.4) is 0 Å². The van der Waals surface area contributed by atoms with Crippen LogP contribution in [0, 0.1) is 0 Å². The normalized spacial score (nSPS) is 11.9. The van der Waals surface area contributed by atoms with E-state index in [2.05, 4.69) is 0 Å². The Morgan fingerprint density at radius 3 is 2.50 bits per heavy atom. The predicted molar refractivity (Wildman–Crippen MR) is 78.5 cm³/mol. The second kappa shape index (κ2) is 8.32. The molecule has 110 valence electrons. The molecule has 0 saturated heterocycles. The van der Waals surface area contributed by atoms with Gasteiger partial charge in [-0.3, -0.25) is 9.59 Å². The van der Waals surface area contributed by atoms with Crippen molar-refractivity contribution < 1.29 is 14.7 Å². The highest BCUT2D eigenvalue weighted by molar-refractivity contribution is 5.97. The van der Waals surface area contributed by atoms with Crippen molar-refractivity contribution in [2.45, 2.75) is 38.6 Å². The van der Waals surface area contributed by atoms with Gasteiger partial charge in [0.15, 0.2) is 0 Å². The van der Waals surface area contributed by atoms with Gasteiger partial charge in [0.2, 0.25) is 5.91 Å². The molecule has 1 atom stereocenters. The van der Waals surface area contributed by atoms with Crippen LogP contribution in [0.25, 0.3) is 0 Å². The van der Waals surface area contributed by atoms with Crippen LogP contribution >= 0.6 is 0 Å². The highest BCUT2D eigenvalue weighted by atomic mass is 16.4. The zero-order valence-electron chi connectivity index (χ0n) is 11.8. The number of para-hydroxylation sites is 1. The molecule has 0 spiro atoms. The SMILES string of the molecule is CCC[C@H](N)C(=O)N(CCCC(=O)O)c1ccccc1. The topological polar surface area (TPSA) is 83.6 Å². The summed E-state index contributed by atoms with van der Waals surface area (Å²) >= 11 is 0. The van der Waals surface area contributed by atoms with E-state index >= 15 is 0 Å². The Bertz CT molecular complexity index is 434. The van der Waals surface area contributed by atoms with Crippen molar-refractivity contribution >= 4 is 17.6 Å². The zero-order chi connectivity index (χ0) is 15.0. The summed E-state index contributed by atoms with van der Waals surface area (Å²) in [4.78, 5) is 24.5. The third kappa shape index (κ3) is 5.01. The molecule has 1 rings (SSSR count). The van der Waals surface area contributed by atoms with Crippen LogP contribution in [-0.2, 0) is 9.59 Å². The number of carboxylic acids is 1. The predicted octanol–water partition coefficient (Wildman–Crippen LogP) is 2.01. The molecule has 0 heterocycles. The molecule has 0 saturated carbocycles. The van der Waals surface area contributed by atoms with Crippen molar-refractivity contribution in [3.05, 3.63) is 30.3 Å². The Hall–Kier alpha value is -1.88. The van der Waals surface area contributed by atoms with Gasteiger partial charge in [0.05, 0.1) is 6.04 Å². The van der Waals surface area contributed by atoms with E-state index in [0.29, 0.717) is 19.4 Å². The monoisotopic (exact) mass is 278 g/mol. The van der Waals surface area contributed by atoms with Gasteiger partial charge in [0.25, 0.3) is 0 Å². The number of nitrogens with zero attached hydrogens (tertiary/aromatic N) is 1. The van der Waals surface area contributed by atoms with Gasteiger partial charge in [-0.15, -0.1) is 0 Å². The molecule has 3 N–H and O–H groups in total. The number of amides is 1. The summed E-state index contributed by atoms with van der Waals surface area (Å²) in [6.45, 7) is 2.34. The largest absolute Gasteiger partial charge is 0.481 e. The van der Waals surface area contributed by atoms with E-state index in [1.54, 1.807) is 4.90 Å². The molecule has 0 aliphatic rings. The summed E-state index contributed by atoms with van der Waals surface area (Å²) in [7, 11) is 0. The van der Waals surface area contributed by atoms with Crippen LogP contribution in [0.15, 0.2) is 30.3 Å². The van der Waals surface area contributed by atoms with Gasteiger partial charge in [-0.2, -0.15) is 0 Å². The smallest absolute Gasteiger partial charge is 0.303 e. The van der Waals surface area contributed by atoms with Gasteiger partial charge in [-0.05, 0) is 25.0 Å². The van der Waals surface area contributed by atoms with Gasteiger partial charge in [0.1, 0.15) is 0 Å². The fraction of sp³-hybridized carbons (Fsp3) is 0.467. The Labute approximate surface area is 119 Å². The Morgan fingerprint density at radius 1 is 1.30 bits per heavy atom. The summed E-state index contributed by atoms with van der Waals surface area (Å²) in [5.74, 6) is -1.01. The lowest BCUT2D eigenvalue weighted by atomic mass is 10.1. The zero-order valence-corrected chi connectivity index (χ0v) is 11.8. The molecule has 20 heavy (non-hydrogen) atoms. The summed E-state index contributed by atoms with van der Waals surface area (Å²) in [6.07, 6.45) is 1.92. The number of carbonyl (C=O) groups excluding carboxylic acids is 1. The summed E-state index contributed by atoms with van der Waals surface area (Å²) in [5, 5.41) is 8.70. The Balaban J connectivity index is 2.79. The molecule has 0 aliphatic heterocycles. The molecule has 0 fully saturated rings. The number of carboxylic acid groups (broad SMARTS) is 1. The number of hydrogen-bond acceptors (Lipinski definition) is 3. The maximum Gasteiger partial charge on any atom is 0.303 e. The van der Waals surface area contributed by atoms with Crippen molar-refractivity contribution in [2.24, 2.45) is 5.73 Å². The first-order valence-corrected chi connectivity index (χ1v) is 6.90. The Kier molecular flexibility index (Phi) is 6.73. The number of hydrogen-bond donors (Lipinski definition) is 2. The highest BCUT2D eigenvalue weighted by Crippen LogP contribution is 2.16. The molecule has 0 aromatic heterocycles. The second-order valence-corrected chi connectivity index (χ2v) is 4.72. The summed E-state index contributed by atoms with van der Waals surface area (Å²) in [6, 6.07) is 8.69. The molecular formula is C15H22N2O3. The molecule has 0 aliphatic carbocycles. The average Bonchev–Trinajstić information content (AvgIpc) is 2.44. The fourth-order valence-corrected chi connectivity index (χ4v) is 2.00. The highest BCUT2D eigenvalue weighted by Gasteiger charge is 2.21. The van der Waals surface area contributed by atoms with Gasteiger partial charge in [-0.25, -0.2) is 0 Å². The lowest BCUT2D eigenvalue weighted by Crippen LogP contribution is -2.44. The number of nitrogens with two attached hydrogens (primary N) is 1. The molecule has 0 unspecified atom stereocenters. The van der Waals surface area contributed by atoms with Gasteiger partial charge >= 0.3 is 5.97 Å². The van der Waals surface area contributed by atoms with E-state index in [1.165, 1.54) is 0 Å². The minimum Gasteiger partial charge on any atom is -0.481 e. The molecule has 0 bridgehead atoms. The van der Waals surface area contributed by atoms with Crippen molar-refractivity contribution in [3.8, 4) is 0 Å². The van der Waals surface area contributed by atoms with Gasteiger partial charge in [-0.1, -0.05) is 31.5 Å². The third-order valence-corrected chi connectivity index (χ3v) is 3.02. The maximum atomic E-state index is 12.4. The molecule has 5 heteroatoms. The van der Waals surface area contributed by atoms with Crippen LogP contribution in [0.4, 0.5) is 5.69 Å². The van der Waals surface area contributed by atoms with E-state index < -0.39 is 12.0 Å². The van der Waals surface area contributed by atoms with E-state index in [0.717, 1.165) is 12.1 Å². The molecular weight excluding hydrogens is 256 g/mol. The molecule has 1 amide bonds. The number of anilines is 1. The maximum absolute atomic E-state index is 12.4. The van der Waals surface area contributed by atoms with Crippen molar-refractivity contribution in [2.75, 3.05) is 11.4 Å². The van der Waals surface area contributed by atoms with Crippen LogP contribution in [0.1, 0.15) is 32.6 Å². The second-order valence-electron chi connectivity index (χ2n) is 4.72. The van der Waals surface area contributed by atoms with Crippen LogP contribution < -0.4 is 10.6 Å². The van der Waals surface area contributed by atoms with E-state index in [1.807, 2.05) is 37.3 Å². The first kappa shape index (κ1) is 16.2. The number of carbonyl (C=O) groups is 2. The summed E-state index contributed by atoms with van der Waals surface area (Å²) < 4.78 is 0. The van der Waals surface area contributed by atoms with Crippen molar-refractivity contribution in [1.29, 1.82) is 0 Å². The number of benzene rings is 1. The Morgan fingerprint density at radius 2 is 1.95 bits per heavy atom. The number of aliphatic carboxylic acids is 1. The minimum atomic E-state index is -0.858. The average molecular weight is 278 g/mol. The standard InChI is InChI=1S/C15H22N2O3/c1-2-7-13(16)15(20)17(11-6-10-14(18)19)12-8-4-3-5-9-12/h3-5,8-9,13H,2,6-7,10-11,16H2,1H3,(H,18,19)/t13-/m0/s1. The van der Waals surface area contributed by atoms with Crippen molar-refractivity contribution in [1.82, 2.24) is 0 Å². The van der Waals surface area contributed by atoms with Crippen LogP contribution in [0.5, 0.6) is 0 Å². The van der Waals surface area contributed by atoms with Crippen LogP contribution in [0.2, 0.25) is 0 Å². The van der Waals surface area contributed by atoms with Gasteiger partial charge in [0, 0.05) is 18.7 Å². The fourth-order valence-electron chi connectivity index (χ4n) is 2.00. The van der Waals surface area contributed by atoms with E-state index in [9.17, 15) is 9.59 Å². The lowest BCUT2D eigenvalue weighted by molar-refractivity contribution is -0.137. The van der Waals surface area contributed by atoms with E-state index in [-0.39, 0.29) is 12.3 Å². The minimum absolute atomic E-state index is 0.0413. The molecule has 0 radical (unpaired) electrons. The quantitative estimate of drug-likeness (QED) is 0.762. The molecule has 5 nitrogen and oxygen atoms in total. The molecule has 1 aromatic rings. The first-order chi connectivity index (χ1) is 9.56. The third-order valence-electron chi connectivity index (χ3n) is 3.02. The van der Waals surface area contributed by atoms with E-state index in [4.69, 9.17) is 10.8 Å². The van der Waals surface area contributed by atoms with Crippen LogP contribution in [-0.4, -0.2) is 29.6 Å². The lowest BCUT2D eigenvalue weighted by Gasteiger charge is -2.25. The van der Waals surface area contributed by atoms with Crippen molar-refractivity contribution in [3.63, 3.8) is 0 Å². The first-order valence-electron chi connectivity index (χ1n) is 6.90. The summed E-state index contributed by atoms with van der Waals surface area (Å²) in [5.41, 5.74) is 6.65. The molecule has 1 aromatic carbocycles. The number of rotatable bonds is 8. The van der Waals surface area contributed by atoms with Gasteiger partial charge < -0.3 is 15.7 Å².